The number of anilines is 1. The second-order valence-electron chi connectivity index (χ2n) is 5.38. The molecule has 0 unspecified atom stereocenters. The van der Waals surface area contributed by atoms with Gasteiger partial charge in [0.2, 0.25) is 0 Å². The largest absolute Gasteiger partial charge is 0.494 e. The maximum Gasteiger partial charge on any atom is 0.168 e. The Bertz CT molecular complexity index is 464. The predicted molar refractivity (Wildman–Crippen MR) is 73.5 cm³/mol. The van der Waals surface area contributed by atoms with Crippen molar-refractivity contribution in [3.8, 4) is 5.75 Å². The summed E-state index contributed by atoms with van der Waals surface area (Å²) in [5.74, 6) is -0.406. The van der Waals surface area contributed by atoms with Gasteiger partial charge in [0.25, 0.3) is 0 Å². The third-order valence-electron chi connectivity index (χ3n) is 4.08. The molecular weight excluding hydrogens is 261 g/mol. The Balaban J connectivity index is 1.59. The normalized spacial score (nSPS) is 22.1. The van der Waals surface area contributed by atoms with E-state index in [2.05, 4.69) is 5.32 Å². The summed E-state index contributed by atoms with van der Waals surface area (Å²) in [4.78, 5) is 0. The molecule has 3 rings (SSSR count). The molecule has 110 valence electrons. The van der Waals surface area contributed by atoms with Gasteiger partial charge in [0.15, 0.2) is 17.4 Å². The Morgan fingerprint density at radius 1 is 1.25 bits per heavy atom. The first-order chi connectivity index (χ1) is 9.71. The van der Waals surface area contributed by atoms with Gasteiger partial charge in [-0.25, -0.2) is 4.39 Å². The highest BCUT2D eigenvalue weighted by atomic mass is 19.1. The van der Waals surface area contributed by atoms with Gasteiger partial charge in [0, 0.05) is 30.6 Å². The van der Waals surface area contributed by atoms with Gasteiger partial charge in [0.05, 0.1) is 20.3 Å². The molecule has 2 aliphatic rings. The fourth-order valence-electron chi connectivity index (χ4n) is 2.97. The zero-order valence-electron chi connectivity index (χ0n) is 11.7. The first-order valence-corrected chi connectivity index (χ1v) is 7.09. The van der Waals surface area contributed by atoms with Crippen LogP contribution in [-0.2, 0) is 9.47 Å². The van der Waals surface area contributed by atoms with E-state index in [0.29, 0.717) is 19.3 Å². The first kappa shape index (κ1) is 13.6. The lowest BCUT2D eigenvalue weighted by atomic mass is 9.90. The molecule has 20 heavy (non-hydrogen) atoms. The van der Waals surface area contributed by atoms with E-state index < -0.39 is 0 Å². The molecule has 1 N–H and O–H groups in total. The van der Waals surface area contributed by atoms with Gasteiger partial charge < -0.3 is 19.5 Å². The molecule has 1 heterocycles. The molecule has 0 aromatic heterocycles. The van der Waals surface area contributed by atoms with E-state index in [1.807, 2.05) is 0 Å². The Morgan fingerprint density at radius 2 is 1.95 bits per heavy atom. The number of nitrogens with one attached hydrogen (secondary N) is 1. The summed E-state index contributed by atoms with van der Waals surface area (Å²) in [7, 11) is 1.47. The summed E-state index contributed by atoms with van der Waals surface area (Å²) in [6.07, 6.45) is 3.78. The number of halogens is 1. The van der Waals surface area contributed by atoms with Crippen LogP contribution in [0, 0.1) is 5.82 Å². The average Bonchev–Trinajstić information content (AvgIpc) is 2.92. The van der Waals surface area contributed by atoms with Crippen molar-refractivity contribution in [2.75, 3.05) is 25.6 Å². The summed E-state index contributed by atoms with van der Waals surface area (Å²) in [6.45, 7) is 1.40. The fraction of sp³-hybridized carbons (Fsp3) is 0.600. The van der Waals surface area contributed by atoms with Crippen LogP contribution in [-0.4, -0.2) is 32.2 Å². The first-order valence-electron chi connectivity index (χ1n) is 7.09. The number of ether oxygens (including phenoxy) is 3. The van der Waals surface area contributed by atoms with Crippen LogP contribution in [0.4, 0.5) is 10.1 Å². The van der Waals surface area contributed by atoms with Crippen molar-refractivity contribution in [1.29, 1.82) is 0 Å². The van der Waals surface area contributed by atoms with E-state index in [4.69, 9.17) is 14.2 Å². The molecule has 1 aliphatic heterocycles. The molecular formula is C15H20FNO3. The molecule has 5 heteroatoms. The highest BCUT2D eigenvalue weighted by molar-refractivity contribution is 5.49. The summed E-state index contributed by atoms with van der Waals surface area (Å²) in [5.41, 5.74) is 0.887. The van der Waals surface area contributed by atoms with Crippen molar-refractivity contribution in [3.05, 3.63) is 24.0 Å². The van der Waals surface area contributed by atoms with E-state index >= 15 is 0 Å². The van der Waals surface area contributed by atoms with Crippen LogP contribution >= 0.6 is 0 Å². The van der Waals surface area contributed by atoms with E-state index in [9.17, 15) is 4.39 Å². The maximum atomic E-state index is 13.4. The third kappa shape index (κ3) is 2.74. The third-order valence-corrected chi connectivity index (χ3v) is 4.08. The number of rotatable bonds is 3. The smallest absolute Gasteiger partial charge is 0.168 e. The van der Waals surface area contributed by atoms with Gasteiger partial charge in [-0.3, -0.25) is 0 Å². The van der Waals surface area contributed by atoms with Crippen LogP contribution in [0.2, 0.25) is 0 Å². The van der Waals surface area contributed by atoms with E-state index in [-0.39, 0.29) is 17.4 Å². The van der Waals surface area contributed by atoms with Crippen LogP contribution in [0.3, 0.4) is 0 Å². The molecule has 1 saturated heterocycles. The molecule has 1 aromatic carbocycles. The highest BCUT2D eigenvalue weighted by Gasteiger charge is 2.40. The number of methoxy groups -OCH3 is 1. The average molecular weight is 281 g/mol. The van der Waals surface area contributed by atoms with Gasteiger partial charge in [-0.2, -0.15) is 0 Å². The lowest BCUT2D eigenvalue weighted by molar-refractivity contribution is -0.177. The highest BCUT2D eigenvalue weighted by Crippen LogP contribution is 2.36. The topological polar surface area (TPSA) is 39.7 Å². The van der Waals surface area contributed by atoms with Crippen LogP contribution in [0.25, 0.3) is 0 Å². The maximum absolute atomic E-state index is 13.4. The van der Waals surface area contributed by atoms with Gasteiger partial charge in [-0.1, -0.05) is 0 Å². The van der Waals surface area contributed by atoms with E-state index in [1.165, 1.54) is 13.2 Å². The van der Waals surface area contributed by atoms with Crippen molar-refractivity contribution in [3.63, 3.8) is 0 Å². The van der Waals surface area contributed by atoms with E-state index in [0.717, 1.165) is 31.4 Å². The molecule has 1 aliphatic carbocycles. The van der Waals surface area contributed by atoms with Gasteiger partial charge in [0.1, 0.15) is 0 Å². The number of benzene rings is 1. The van der Waals surface area contributed by atoms with Crippen molar-refractivity contribution in [1.82, 2.24) is 0 Å². The lowest BCUT2D eigenvalue weighted by Gasteiger charge is -2.36. The van der Waals surface area contributed by atoms with Crippen molar-refractivity contribution >= 4 is 5.69 Å². The number of hydrogen-bond acceptors (Lipinski definition) is 4. The van der Waals surface area contributed by atoms with Gasteiger partial charge >= 0.3 is 0 Å². The van der Waals surface area contributed by atoms with Crippen molar-refractivity contribution < 1.29 is 18.6 Å². The minimum atomic E-state index is -0.339. The lowest BCUT2D eigenvalue weighted by Crippen LogP contribution is -2.39. The zero-order valence-corrected chi connectivity index (χ0v) is 11.7. The molecule has 4 nitrogen and oxygen atoms in total. The molecule has 2 fully saturated rings. The Hall–Kier alpha value is -1.33. The Labute approximate surface area is 118 Å². The molecule has 0 bridgehead atoms. The summed E-state index contributed by atoms with van der Waals surface area (Å²) in [6, 6.07) is 5.23. The second-order valence-corrected chi connectivity index (χ2v) is 5.38. The molecule has 0 atom stereocenters. The quantitative estimate of drug-likeness (QED) is 0.924. The van der Waals surface area contributed by atoms with Crippen LogP contribution in [0.1, 0.15) is 25.7 Å². The predicted octanol–water partition coefficient (Wildman–Crippen LogP) is 2.93. The van der Waals surface area contributed by atoms with Crippen LogP contribution in [0.5, 0.6) is 5.75 Å². The Kier molecular flexibility index (Phi) is 3.81. The molecule has 1 spiro atoms. The second kappa shape index (κ2) is 5.58. The summed E-state index contributed by atoms with van der Waals surface area (Å²) >= 11 is 0. The Morgan fingerprint density at radius 3 is 2.60 bits per heavy atom. The molecule has 0 radical (unpaired) electrons. The minimum Gasteiger partial charge on any atom is -0.494 e. The summed E-state index contributed by atoms with van der Waals surface area (Å²) < 4.78 is 29.8. The standard InChI is InChI=1S/C15H20FNO3/c1-18-14-10-12(2-3-13(14)16)17-11-4-6-15(7-5-11)19-8-9-20-15/h2-3,10-11,17H,4-9H2,1H3. The van der Waals surface area contributed by atoms with Gasteiger partial charge in [-0.05, 0) is 25.0 Å². The SMILES string of the molecule is COc1cc(NC2CCC3(CC2)OCCO3)ccc1F. The van der Waals surface area contributed by atoms with Crippen molar-refractivity contribution in [2.24, 2.45) is 0 Å². The zero-order chi connectivity index (χ0) is 14.0. The minimum absolute atomic E-state index is 0.268. The fourth-order valence-corrected chi connectivity index (χ4v) is 2.97. The van der Waals surface area contributed by atoms with Gasteiger partial charge in [-0.15, -0.1) is 0 Å². The molecule has 1 saturated carbocycles. The van der Waals surface area contributed by atoms with Crippen LogP contribution < -0.4 is 10.1 Å². The van der Waals surface area contributed by atoms with Crippen molar-refractivity contribution in [2.45, 2.75) is 37.5 Å². The van der Waals surface area contributed by atoms with E-state index in [1.54, 1.807) is 12.1 Å². The van der Waals surface area contributed by atoms with Crippen LogP contribution in [0.15, 0.2) is 18.2 Å². The monoisotopic (exact) mass is 281 g/mol. The molecule has 0 amide bonds. The number of hydrogen-bond donors (Lipinski definition) is 1. The summed E-state index contributed by atoms with van der Waals surface area (Å²) in [5, 5.41) is 3.43. The molecule has 1 aromatic rings.